The zero-order valence-electron chi connectivity index (χ0n) is 12.7. The Kier molecular flexibility index (Phi) is 6.52. The molecule has 0 aromatic heterocycles. The number of hydrogen-bond acceptors (Lipinski definition) is 3. The first-order chi connectivity index (χ1) is 11.2. The zero-order valence-corrected chi connectivity index (χ0v) is 12.7. The topological polar surface area (TPSA) is 45.0 Å². The summed E-state index contributed by atoms with van der Waals surface area (Å²) < 4.78 is 31.6. The van der Waals surface area contributed by atoms with E-state index < -0.39 is 11.6 Å². The van der Waals surface area contributed by atoms with Crippen molar-refractivity contribution in [1.82, 2.24) is 5.32 Å². The number of nitrogens with zero attached hydrogens (tertiary/aromatic N) is 1. The van der Waals surface area contributed by atoms with Gasteiger partial charge in [0.1, 0.15) is 23.1 Å². The lowest BCUT2D eigenvalue weighted by Gasteiger charge is -2.08. The minimum atomic E-state index is -0.669. The number of halogens is 2. The number of unbranched alkanes of at least 4 members (excludes halogenated alkanes) is 2. The third-order valence-corrected chi connectivity index (χ3v) is 3.22. The average Bonchev–Trinajstić information content (AvgIpc) is 2.51. The second-order valence-electron chi connectivity index (χ2n) is 5.14. The molecule has 0 bridgehead atoms. The Labute approximate surface area is 134 Å². The normalized spacial score (nSPS) is 10.3. The molecule has 0 spiro atoms. The fourth-order valence-corrected chi connectivity index (χ4v) is 2.09. The van der Waals surface area contributed by atoms with Crippen LogP contribution in [0.4, 0.5) is 8.78 Å². The number of hydrogen-bond donors (Lipinski definition) is 1. The molecule has 0 aliphatic heterocycles. The summed E-state index contributed by atoms with van der Waals surface area (Å²) >= 11 is 0. The summed E-state index contributed by atoms with van der Waals surface area (Å²) in [5.41, 5.74) is 1.09. The molecule has 0 radical (unpaired) electrons. The minimum absolute atomic E-state index is 0.130. The fraction of sp³-hybridized carbons (Fsp3) is 0.278. The van der Waals surface area contributed by atoms with Crippen LogP contribution in [0.2, 0.25) is 0 Å². The van der Waals surface area contributed by atoms with Gasteiger partial charge in [0, 0.05) is 31.2 Å². The number of ether oxygens (including phenoxy) is 1. The van der Waals surface area contributed by atoms with Crippen molar-refractivity contribution in [3.63, 3.8) is 0 Å². The van der Waals surface area contributed by atoms with Gasteiger partial charge in [0.25, 0.3) is 0 Å². The molecule has 2 rings (SSSR count). The number of nitrogens with one attached hydrogen (secondary N) is 1. The van der Waals surface area contributed by atoms with Crippen molar-refractivity contribution in [3.8, 4) is 17.6 Å². The summed E-state index contributed by atoms with van der Waals surface area (Å²) in [6.45, 7) is 1.59. The van der Waals surface area contributed by atoms with E-state index in [-0.39, 0.29) is 5.75 Å². The molecule has 0 heterocycles. The first kappa shape index (κ1) is 16.9. The molecule has 2 aromatic carbocycles. The summed E-state index contributed by atoms with van der Waals surface area (Å²) in [6, 6.07) is 12.5. The quantitative estimate of drug-likeness (QED) is 0.727. The van der Waals surface area contributed by atoms with Crippen LogP contribution in [0.15, 0.2) is 42.5 Å². The van der Waals surface area contributed by atoms with Crippen molar-refractivity contribution < 1.29 is 13.5 Å². The Hall–Kier alpha value is -2.45. The molecule has 120 valence electrons. The molecular formula is C18H18F2N2O. The van der Waals surface area contributed by atoms with E-state index in [0.29, 0.717) is 12.2 Å². The SMILES string of the molecule is N#CCCCCNCc1ccc(Oc2cc(F)cc(F)c2)cc1. The zero-order chi connectivity index (χ0) is 16.5. The smallest absolute Gasteiger partial charge is 0.133 e. The van der Waals surface area contributed by atoms with Gasteiger partial charge in [-0.15, -0.1) is 0 Å². The highest BCUT2D eigenvalue weighted by molar-refractivity contribution is 5.33. The van der Waals surface area contributed by atoms with E-state index in [2.05, 4.69) is 11.4 Å². The van der Waals surface area contributed by atoms with Crippen LogP contribution in [-0.2, 0) is 6.54 Å². The lowest BCUT2D eigenvalue weighted by Crippen LogP contribution is -2.14. The molecular weight excluding hydrogens is 298 g/mol. The van der Waals surface area contributed by atoms with E-state index in [4.69, 9.17) is 10.00 Å². The van der Waals surface area contributed by atoms with Crippen LogP contribution in [0, 0.1) is 23.0 Å². The van der Waals surface area contributed by atoms with Crippen LogP contribution in [0.25, 0.3) is 0 Å². The Morgan fingerprint density at radius 1 is 0.957 bits per heavy atom. The molecule has 0 saturated heterocycles. The van der Waals surface area contributed by atoms with E-state index in [1.807, 2.05) is 12.1 Å². The predicted octanol–water partition coefficient (Wildman–Crippen LogP) is 4.54. The molecule has 0 aliphatic carbocycles. The molecule has 0 amide bonds. The molecule has 2 aromatic rings. The van der Waals surface area contributed by atoms with E-state index in [1.54, 1.807) is 12.1 Å². The summed E-state index contributed by atoms with van der Waals surface area (Å²) in [5.74, 6) is -0.687. The highest BCUT2D eigenvalue weighted by Crippen LogP contribution is 2.23. The molecule has 3 nitrogen and oxygen atoms in total. The van der Waals surface area contributed by atoms with Gasteiger partial charge in [-0.25, -0.2) is 8.78 Å². The maximum Gasteiger partial charge on any atom is 0.133 e. The highest BCUT2D eigenvalue weighted by atomic mass is 19.1. The largest absolute Gasteiger partial charge is 0.457 e. The predicted molar refractivity (Wildman–Crippen MR) is 84.0 cm³/mol. The van der Waals surface area contributed by atoms with E-state index in [9.17, 15) is 8.78 Å². The Morgan fingerprint density at radius 2 is 1.65 bits per heavy atom. The second-order valence-corrected chi connectivity index (χ2v) is 5.14. The molecule has 5 heteroatoms. The summed E-state index contributed by atoms with van der Waals surface area (Å²) in [6.07, 6.45) is 2.47. The van der Waals surface area contributed by atoms with Gasteiger partial charge in [0.15, 0.2) is 0 Å². The van der Waals surface area contributed by atoms with Gasteiger partial charge in [-0.2, -0.15) is 5.26 Å². The van der Waals surface area contributed by atoms with Gasteiger partial charge >= 0.3 is 0 Å². The monoisotopic (exact) mass is 316 g/mol. The van der Waals surface area contributed by atoms with Crippen molar-refractivity contribution in [1.29, 1.82) is 5.26 Å². The standard InChI is InChI=1S/C18H18F2N2O/c19-15-10-16(20)12-18(11-15)23-17-6-4-14(5-7-17)13-22-9-3-1-2-8-21/h4-7,10-12,22H,1-3,9,13H2. The van der Waals surface area contributed by atoms with Gasteiger partial charge in [0.2, 0.25) is 0 Å². The molecule has 0 aliphatic rings. The molecule has 23 heavy (non-hydrogen) atoms. The van der Waals surface area contributed by atoms with Crippen LogP contribution in [0.1, 0.15) is 24.8 Å². The number of nitriles is 1. The third-order valence-electron chi connectivity index (χ3n) is 3.22. The van der Waals surface area contributed by atoms with Crippen LogP contribution >= 0.6 is 0 Å². The molecule has 0 saturated carbocycles. The summed E-state index contributed by atoms with van der Waals surface area (Å²) in [5, 5.41) is 11.7. The van der Waals surface area contributed by atoms with Crippen LogP contribution in [0.3, 0.4) is 0 Å². The first-order valence-corrected chi connectivity index (χ1v) is 7.48. The molecule has 0 fully saturated rings. The molecule has 1 N–H and O–H groups in total. The Bertz CT molecular complexity index is 645. The highest BCUT2D eigenvalue weighted by Gasteiger charge is 2.03. The van der Waals surface area contributed by atoms with Gasteiger partial charge in [-0.3, -0.25) is 0 Å². The number of benzene rings is 2. The van der Waals surface area contributed by atoms with E-state index in [0.717, 1.165) is 49.7 Å². The van der Waals surface area contributed by atoms with Crippen molar-refractivity contribution in [3.05, 3.63) is 59.7 Å². The lowest BCUT2D eigenvalue weighted by molar-refractivity contribution is 0.468. The van der Waals surface area contributed by atoms with Crippen molar-refractivity contribution in [2.75, 3.05) is 6.54 Å². The van der Waals surface area contributed by atoms with Gasteiger partial charge in [-0.1, -0.05) is 12.1 Å². The molecule has 0 atom stereocenters. The molecule has 0 unspecified atom stereocenters. The van der Waals surface area contributed by atoms with Crippen LogP contribution < -0.4 is 10.1 Å². The van der Waals surface area contributed by atoms with E-state index in [1.165, 1.54) is 0 Å². The maximum absolute atomic E-state index is 13.1. The van der Waals surface area contributed by atoms with Crippen molar-refractivity contribution in [2.45, 2.75) is 25.8 Å². The third kappa shape index (κ3) is 6.05. The Morgan fingerprint density at radius 3 is 2.30 bits per heavy atom. The van der Waals surface area contributed by atoms with Crippen molar-refractivity contribution >= 4 is 0 Å². The maximum atomic E-state index is 13.1. The van der Waals surface area contributed by atoms with E-state index >= 15 is 0 Å². The average molecular weight is 316 g/mol. The second kappa shape index (κ2) is 8.86. The summed E-state index contributed by atoms with van der Waals surface area (Å²) in [7, 11) is 0. The number of rotatable bonds is 8. The summed E-state index contributed by atoms with van der Waals surface area (Å²) in [4.78, 5) is 0. The first-order valence-electron chi connectivity index (χ1n) is 7.48. The van der Waals surface area contributed by atoms with Crippen LogP contribution in [-0.4, -0.2) is 6.54 Å². The minimum Gasteiger partial charge on any atom is -0.457 e. The Balaban J connectivity index is 1.81. The van der Waals surface area contributed by atoms with Crippen molar-refractivity contribution in [2.24, 2.45) is 0 Å². The lowest BCUT2D eigenvalue weighted by atomic mass is 10.2. The van der Waals surface area contributed by atoms with Gasteiger partial charge in [0.05, 0.1) is 6.07 Å². The van der Waals surface area contributed by atoms with Crippen LogP contribution in [0.5, 0.6) is 11.5 Å². The van der Waals surface area contributed by atoms with Gasteiger partial charge in [-0.05, 0) is 37.1 Å². The van der Waals surface area contributed by atoms with Gasteiger partial charge < -0.3 is 10.1 Å². The fourth-order valence-electron chi connectivity index (χ4n) is 2.09.